The Bertz CT molecular complexity index is 381. The molecule has 0 saturated carbocycles. The third-order valence-corrected chi connectivity index (χ3v) is 3.21. The van der Waals surface area contributed by atoms with Crippen molar-refractivity contribution >= 4 is 23.3 Å². The van der Waals surface area contributed by atoms with E-state index in [9.17, 15) is 9.59 Å². The first-order valence-electron chi connectivity index (χ1n) is 5.71. The number of hydrogen-bond donors (Lipinski definition) is 3. The minimum Gasteiger partial charge on any atom is -0.481 e. The Kier molecular flexibility index (Phi) is 6.13. The van der Waals surface area contributed by atoms with Crippen molar-refractivity contribution in [3.05, 3.63) is 16.6 Å². The first-order chi connectivity index (χ1) is 8.59. The molecular weight excluding hydrogens is 254 g/mol. The van der Waals surface area contributed by atoms with Crippen molar-refractivity contribution < 1.29 is 14.7 Å². The summed E-state index contributed by atoms with van der Waals surface area (Å²) in [7, 11) is 0. The quantitative estimate of drug-likeness (QED) is 0.654. The molecule has 0 aliphatic rings. The average molecular weight is 271 g/mol. The molecule has 1 unspecified atom stereocenters. The molecular formula is C11H17N3O3S. The smallest absolute Gasteiger partial charge is 0.315 e. The summed E-state index contributed by atoms with van der Waals surface area (Å²) in [6, 6.07) is -0.244. The molecule has 0 bridgehead atoms. The van der Waals surface area contributed by atoms with Crippen LogP contribution in [0.3, 0.4) is 0 Å². The van der Waals surface area contributed by atoms with Crippen LogP contribution in [-0.4, -0.2) is 28.6 Å². The minimum absolute atomic E-state index is 0.244. The molecule has 1 rings (SSSR count). The molecule has 0 aliphatic heterocycles. The fraction of sp³-hybridized carbons (Fsp3) is 0.545. The van der Waals surface area contributed by atoms with Crippen molar-refractivity contribution in [2.75, 3.05) is 6.54 Å². The van der Waals surface area contributed by atoms with Crippen LogP contribution in [0.4, 0.5) is 4.79 Å². The standard InChI is InChI=1S/C11H17N3O3S/c1-8(10(15)16)3-2-4-13-11(17)14-6-9-5-12-7-18-9/h5,7-8H,2-4,6H2,1H3,(H,15,16)(H2,13,14,17). The van der Waals surface area contributed by atoms with Crippen molar-refractivity contribution in [2.45, 2.75) is 26.3 Å². The van der Waals surface area contributed by atoms with Gasteiger partial charge >= 0.3 is 12.0 Å². The van der Waals surface area contributed by atoms with Crippen LogP contribution < -0.4 is 10.6 Å². The minimum atomic E-state index is -0.801. The summed E-state index contributed by atoms with van der Waals surface area (Å²) >= 11 is 1.48. The van der Waals surface area contributed by atoms with Crippen LogP contribution in [0.2, 0.25) is 0 Å². The van der Waals surface area contributed by atoms with Gasteiger partial charge in [-0.3, -0.25) is 9.78 Å². The summed E-state index contributed by atoms with van der Waals surface area (Å²) in [5, 5.41) is 14.1. The number of aliphatic carboxylic acids is 1. The molecule has 18 heavy (non-hydrogen) atoms. The van der Waals surface area contributed by atoms with Crippen molar-refractivity contribution in [3.63, 3.8) is 0 Å². The van der Waals surface area contributed by atoms with Gasteiger partial charge in [0.1, 0.15) is 0 Å². The Morgan fingerprint density at radius 3 is 2.89 bits per heavy atom. The summed E-state index contributed by atoms with van der Waals surface area (Å²) in [5.41, 5.74) is 1.71. The summed E-state index contributed by atoms with van der Waals surface area (Å²) < 4.78 is 0. The van der Waals surface area contributed by atoms with E-state index in [4.69, 9.17) is 5.11 Å². The fourth-order valence-electron chi connectivity index (χ4n) is 1.29. The zero-order valence-electron chi connectivity index (χ0n) is 10.2. The molecule has 7 heteroatoms. The number of hydrogen-bond acceptors (Lipinski definition) is 4. The lowest BCUT2D eigenvalue weighted by Gasteiger charge is -2.08. The maximum Gasteiger partial charge on any atom is 0.315 e. The second-order valence-corrected chi connectivity index (χ2v) is 4.93. The van der Waals surface area contributed by atoms with E-state index in [0.717, 1.165) is 4.88 Å². The van der Waals surface area contributed by atoms with Gasteiger partial charge in [0, 0.05) is 17.6 Å². The second-order valence-electron chi connectivity index (χ2n) is 3.96. The van der Waals surface area contributed by atoms with Crippen LogP contribution in [0, 0.1) is 5.92 Å². The Morgan fingerprint density at radius 2 is 2.28 bits per heavy atom. The van der Waals surface area contributed by atoms with E-state index < -0.39 is 5.97 Å². The van der Waals surface area contributed by atoms with Gasteiger partial charge in [-0.25, -0.2) is 4.79 Å². The van der Waals surface area contributed by atoms with Crippen LogP contribution in [-0.2, 0) is 11.3 Å². The summed E-state index contributed by atoms with van der Waals surface area (Å²) in [5.74, 6) is -1.17. The largest absolute Gasteiger partial charge is 0.481 e. The van der Waals surface area contributed by atoms with Crippen LogP contribution in [0.25, 0.3) is 0 Å². The SMILES string of the molecule is CC(CCCNC(=O)NCc1cncs1)C(=O)O. The molecule has 0 radical (unpaired) electrons. The van der Waals surface area contributed by atoms with Gasteiger partial charge in [-0.2, -0.15) is 0 Å². The van der Waals surface area contributed by atoms with E-state index in [1.807, 2.05) is 0 Å². The molecule has 100 valence electrons. The molecule has 0 aliphatic carbocycles. The van der Waals surface area contributed by atoms with Crippen molar-refractivity contribution in [1.82, 2.24) is 15.6 Å². The van der Waals surface area contributed by atoms with E-state index in [0.29, 0.717) is 25.9 Å². The topological polar surface area (TPSA) is 91.3 Å². The monoisotopic (exact) mass is 271 g/mol. The predicted molar refractivity (Wildman–Crippen MR) is 68.4 cm³/mol. The molecule has 1 aromatic rings. The number of nitrogens with one attached hydrogen (secondary N) is 2. The van der Waals surface area contributed by atoms with E-state index >= 15 is 0 Å². The summed E-state index contributed by atoms with van der Waals surface area (Å²) in [6.07, 6.45) is 2.92. The highest BCUT2D eigenvalue weighted by molar-refractivity contribution is 7.09. The van der Waals surface area contributed by atoms with E-state index in [-0.39, 0.29) is 11.9 Å². The Morgan fingerprint density at radius 1 is 1.50 bits per heavy atom. The second kappa shape index (κ2) is 7.65. The number of carbonyl (C=O) groups is 2. The molecule has 3 N–H and O–H groups in total. The highest BCUT2D eigenvalue weighted by atomic mass is 32.1. The molecule has 1 heterocycles. The third kappa shape index (κ3) is 5.62. The number of aromatic nitrogens is 1. The zero-order chi connectivity index (χ0) is 13.4. The number of thiazole rings is 1. The maximum atomic E-state index is 11.4. The first-order valence-corrected chi connectivity index (χ1v) is 6.59. The molecule has 6 nitrogen and oxygen atoms in total. The Balaban J connectivity index is 2.05. The van der Waals surface area contributed by atoms with Gasteiger partial charge in [-0.1, -0.05) is 6.92 Å². The highest BCUT2D eigenvalue weighted by Gasteiger charge is 2.09. The molecule has 1 aromatic heterocycles. The zero-order valence-corrected chi connectivity index (χ0v) is 11.0. The van der Waals surface area contributed by atoms with Crippen LogP contribution in [0.1, 0.15) is 24.6 Å². The molecule has 0 spiro atoms. The van der Waals surface area contributed by atoms with Crippen molar-refractivity contribution in [1.29, 1.82) is 0 Å². The molecule has 0 aromatic carbocycles. The van der Waals surface area contributed by atoms with E-state index in [1.54, 1.807) is 18.6 Å². The van der Waals surface area contributed by atoms with Gasteiger partial charge in [0.25, 0.3) is 0 Å². The average Bonchev–Trinajstić information content (AvgIpc) is 2.84. The number of urea groups is 1. The highest BCUT2D eigenvalue weighted by Crippen LogP contribution is 2.05. The first kappa shape index (κ1) is 14.4. The van der Waals surface area contributed by atoms with Crippen molar-refractivity contribution in [3.8, 4) is 0 Å². The Labute approximate surface area is 109 Å². The number of nitrogens with zero attached hydrogens (tertiary/aromatic N) is 1. The maximum absolute atomic E-state index is 11.4. The summed E-state index contributed by atoms with van der Waals surface area (Å²) in [4.78, 5) is 26.8. The van der Waals surface area contributed by atoms with E-state index in [1.165, 1.54) is 11.3 Å². The van der Waals surface area contributed by atoms with Gasteiger partial charge < -0.3 is 15.7 Å². The third-order valence-electron chi connectivity index (χ3n) is 2.43. The van der Waals surface area contributed by atoms with Crippen LogP contribution in [0.5, 0.6) is 0 Å². The van der Waals surface area contributed by atoms with E-state index in [2.05, 4.69) is 15.6 Å². The fourth-order valence-corrected chi connectivity index (χ4v) is 1.83. The summed E-state index contributed by atoms with van der Waals surface area (Å²) in [6.45, 7) is 2.60. The molecule has 1 atom stereocenters. The number of amides is 2. The molecule has 0 fully saturated rings. The van der Waals surface area contributed by atoms with Gasteiger partial charge in [-0.15, -0.1) is 11.3 Å². The lowest BCUT2D eigenvalue weighted by molar-refractivity contribution is -0.141. The van der Waals surface area contributed by atoms with Crippen LogP contribution >= 0.6 is 11.3 Å². The van der Waals surface area contributed by atoms with Crippen LogP contribution in [0.15, 0.2) is 11.7 Å². The van der Waals surface area contributed by atoms with Gasteiger partial charge in [0.15, 0.2) is 0 Å². The Hall–Kier alpha value is -1.63. The normalized spacial score (nSPS) is 11.8. The predicted octanol–water partition coefficient (Wildman–Crippen LogP) is 1.44. The molecule has 2 amide bonds. The lowest BCUT2D eigenvalue weighted by Crippen LogP contribution is -2.35. The number of carbonyl (C=O) groups excluding carboxylic acids is 1. The molecule has 0 saturated heterocycles. The number of carboxylic acid groups (broad SMARTS) is 1. The van der Waals surface area contributed by atoms with Crippen molar-refractivity contribution in [2.24, 2.45) is 5.92 Å². The van der Waals surface area contributed by atoms with Gasteiger partial charge in [0.05, 0.1) is 18.0 Å². The number of carboxylic acids is 1. The van der Waals surface area contributed by atoms with Gasteiger partial charge in [-0.05, 0) is 12.8 Å². The van der Waals surface area contributed by atoms with Gasteiger partial charge in [0.2, 0.25) is 0 Å². The lowest BCUT2D eigenvalue weighted by atomic mass is 10.1. The number of rotatable bonds is 7.